The SMILES string of the molecule is CCCCN1CC(C(=O)Nc2ccc(C(=O)Nc3nc4ccc(OCC)cc4s3)cc2)CC1=O. The maximum absolute atomic E-state index is 12.7. The summed E-state index contributed by atoms with van der Waals surface area (Å²) in [5, 5.41) is 6.19. The van der Waals surface area contributed by atoms with E-state index in [1.54, 1.807) is 29.2 Å². The minimum absolute atomic E-state index is 0.0320. The van der Waals surface area contributed by atoms with Crippen LogP contribution in [0.4, 0.5) is 10.8 Å². The number of amides is 3. The summed E-state index contributed by atoms with van der Waals surface area (Å²) in [6.45, 7) is 5.74. The lowest BCUT2D eigenvalue weighted by Gasteiger charge is -2.16. The Hall–Kier alpha value is -3.46. The highest BCUT2D eigenvalue weighted by Gasteiger charge is 2.33. The quantitative estimate of drug-likeness (QED) is 0.469. The topological polar surface area (TPSA) is 101 Å². The van der Waals surface area contributed by atoms with Crippen molar-refractivity contribution in [2.75, 3.05) is 30.3 Å². The van der Waals surface area contributed by atoms with Crippen molar-refractivity contribution in [3.05, 3.63) is 48.0 Å². The smallest absolute Gasteiger partial charge is 0.257 e. The van der Waals surface area contributed by atoms with Gasteiger partial charge < -0.3 is 15.0 Å². The fraction of sp³-hybridized carbons (Fsp3) is 0.360. The molecular formula is C25H28N4O4S. The van der Waals surface area contributed by atoms with E-state index in [1.807, 2.05) is 25.1 Å². The van der Waals surface area contributed by atoms with E-state index in [1.165, 1.54) is 11.3 Å². The average molecular weight is 481 g/mol. The second kappa shape index (κ2) is 10.6. The van der Waals surface area contributed by atoms with Crippen LogP contribution in [-0.4, -0.2) is 47.3 Å². The van der Waals surface area contributed by atoms with Crippen LogP contribution < -0.4 is 15.4 Å². The molecule has 1 aliphatic rings. The number of rotatable bonds is 9. The molecule has 0 aliphatic carbocycles. The molecule has 1 unspecified atom stereocenters. The molecule has 0 bridgehead atoms. The van der Waals surface area contributed by atoms with E-state index < -0.39 is 0 Å². The summed E-state index contributed by atoms with van der Waals surface area (Å²) in [7, 11) is 0. The van der Waals surface area contributed by atoms with Crippen molar-refractivity contribution in [1.29, 1.82) is 0 Å². The highest BCUT2D eigenvalue weighted by molar-refractivity contribution is 7.22. The van der Waals surface area contributed by atoms with Crippen molar-refractivity contribution in [2.24, 2.45) is 5.92 Å². The molecule has 1 aliphatic heterocycles. The standard InChI is InChI=1S/C25H28N4O4S/c1-3-5-12-29-15-17(13-22(29)30)24(32)26-18-8-6-16(7-9-18)23(31)28-25-27-20-11-10-19(33-4-2)14-21(20)34-25/h6-11,14,17H,3-5,12-13,15H2,1-2H3,(H,26,32)(H,27,28,31). The first-order valence-electron chi connectivity index (χ1n) is 11.5. The fourth-order valence-corrected chi connectivity index (χ4v) is 4.74. The van der Waals surface area contributed by atoms with Gasteiger partial charge in [0.1, 0.15) is 5.75 Å². The van der Waals surface area contributed by atoms with E-state index in [2.05, 4.69) is 22.5 Å². The largest absolute Gasteiger partial charge is 0.494 e. The van der Waals surface area contributed by atoms with Gasteiger partial charge in [-0.05, 0) is 55.8 Å². The van der Waals surface area contributed by atoms with Gasteiger partial charge in [-0.15, -0.1) is 0 Å². The number of fused-ring (bicyclic) bond motifs is 1. The van der Waals surface area contributed by atoms with Crippen molar-refractivity contribution in [2.45, 2.75) is 33.1 Å². The Morgan fingerprint density at radius 2 is 1.94 bits per heavy atom. The molecular weight excluding hydrogens is 452 g/mol. The normalized spacial score (nSPS) is 15.5. The third-order valence-electron chi connectivity index (χ3n) is 5.67. The van der Waals surface area contributed by atoms with Gasteiger partial charge >= 0.3 is 0 Å². The number of nitrogens with one attached hydrogen (secondary N) is 2. The maximum Gasteiger partial charge on any atom is 0.257 e. The van der Waals surface area contributed by atoms with Gasteiger partial charge in [-0.25, -0.2) is 4.98 Å². The van der Waals surface area contributed by atoms with Crippen molar-refractivity contribution in [3.8, 4) is 5.75 Å². The Morgan fingerprint density at radius 1 is 1.15 bits per heavy atom. The lowest BCUT2D eigenvalue weighted by molar-refractivity contribution is -0.128. The summed E-state index contributed by atoms with van der Waals surface area (Å²) in [6.07, 6.45) is 2.19. The van der Waals surface area contributed by atoms with E-state index in [-0.39, 0.29) is 30.1 Å². The predicted molar refractivity (Wildman–Crippen MR) is 133 cm³/mol. The van der Waals surface area contributed by atoms with Gasteiger partial charge in [0.2, 0.25) is 11.8 Å². The van der Waals surface area contributed by atoms with Crippen LogP contribution in [0.25, 0.3) is 10.2 Å². The van der Waals surface area contributed by atoms with Gasteiger partial charge in [0.15, 0.2) is 5.13 Å². The van der Waals surface area contributed by atoms with E-state index in [4.69, 9.17) is 4.74 Å². The second-order valence-electron chi connectivity index (χ2n) is 8.20. The summed E-state index contributed by atoms with van der Waals surface area (Å²) in [5.74, 6) is -0.00986. The van der Waals surface area contributed by atoms with E-state index in [0.29, 0.717) is 36.1 Å². The zero-order chi connectivity index (χ0) is 24.1. The van der Waals surface area contributed by atoms with Crippen LogP contribution in [0.2, 0.25) is 0 Å². The maximum atomic E-state index is 12.7. The minimum atomic E-state index is -0.352. The van der Waals surface area contributed by atoms with Gasteiger partial charge in [-0.3, -0.25) is 19.7 Å². The molecule has 1 fully saturated rings. The Morgan fingerprint density at radius 3 is 2.68 bits per heavy atom. The van der Waals surface area contributed by atoms with Crippen LogP contribution in [0.15, 0.2) is 42.5 Å². The number of hydrogen-bond acceptors (Lipinski definition) is 6. The lowest BCUT2D eigenvalue weighted by Crippen LogP contribution is -2.29. The van der Waals surface area contributed by atoms with Gasteiger partial charge in [-0.2, -0.15) is 0 Å². The number of benzene rings is 2. The number of ether oxygens (including phenoxy) is 1. The van der Waals surface area contributed by atoms with Gasteiger partial charge in [0.25, 0.3) is 5.91 Å². The number of anilines is 2. The molecule has 0 spiro atoms. The predicted octanol–water partition coefficient (Wildman–Crippen LogP) is 4.53. The Bertz CT molecular complexity index is 1190. The molecule has 2 N–H and O–H groups in total. The number of carbonyl (C=O) groups excluding carboxylic acids is 3. The molecule has 2 heterocycles. The van der Waals surface area contributed by atoms with Crippen molar-refractivity contribution in [3.63, 3.8) is 0 Å². The van der Waals surface area contributed by atoms with Crippen LogP contribution in [0.1, 0.15) is 43.5 Å². The van der Waals surface area contributed by atoms with Crippen LogP contribution in [0, 0.1) is 5.92 Å². The molecule has 2 aromatic carbocycles. The molecule has 3 aromatic rings. The van der Waals surface area contributed by atoms with Crippen molar-refractivity contribution < 1.29 is 19.1 Å². The first-order valence-corrected chi connectivity index (χ1v) is 12.3. The molecule has 4 rings (SSSR count). The van der Waals surface area contributed by atoms with Crippen LogP contribution in [0.3, 0.4) is 0 Å². The number of nitrogens with zero attached hydrogens (tertiary/aromatic N) is 2. The zero-order valence-corrected chi connectivity index (χ0v) is 20.1. The number of carbonyl (C=O) groups is 3. The number of likely N-dealkylation sites (tertiary alicyclic amines) is 1. The number of aromatic nitrogens is 1. The van der Waals surface area contributed by atoms with Gasteiger partial charge in [-0.1, -0.05) is 24.7 Å². The Kier molecular flexibility index (Phi) is 7.42. The molecule has 8 nitrogen and oxygen atoms in total. The van der Waals surface area contributed by atoms with Crippen molar-refractivity contribution in [1.82, 2.24) is 9.88 Å². The fourth-order valence-electron chi connectivity index (χ4n) is 3.85. The molecule has 1 aromatic heterocycles. The van der Waals surface area contributed by atoms with Crippen molar-refractivity contribution >= 4 is 50.1 Å². The van der Waals surface area contributed by atoms with Crippen LogP contribution in [-0.2, 0) is 9.59 Å². The summed E-state index contributed by atoms with van der Waals surface area (Å²) in [4.78, 5) is 43.6. The zero-order valence-electron chi connectivity index (χ0n) is 19.3. The van der Waals surface area contributed by atoms with Gasteiger partial charge in [0, 0.05) is 30.8 Å². The van der Waals surface area contributed by atoms with Crippen LogP contribution >= 0.6 is 11.3 Å². The van der Waals surface area contributed by atoms with E-state index >= 15 is 0 Å². The highest BCUT2D eigenvalue weighted by Crippen LogP contribution is 2.29. The second-order valence-corrected chi connectivity index (χ2v) is 9.23. The van der Waals surface area contributed by atoms with E-state index in [9.17, 15) is 14.4 Å². The highest BCUT2D eigenvalue weighted by atomic mass is 32.1. The summed E-state index contributed by atoms with van der Waals surface area (Å²) in [5.41, 5.74) is 1.83. The first kappa shape index (κ1) is 23.7. The molecule has 0 saturated carbocycles. The van der Waals surface area contributed by atoms with Crippen LogP contribution in [0.5, 0.6) is 5.75 Å². The summed E-state index contributed by atoms with van der Waals surface area (Å²) in [6, 6.07) is 12.3. The number of thiazole rings is 1. The Labute approximate surface area is 202 Å². The molecule has 9 heteroatoms. The molecule has 1 atom stereocenters. The Balaban J connectivity index is 1.34. The molecule has 3 amide bonds. The summed E-state index contributed by atoms with van der Waals surface area (Å²) >= 11 is 1.38. The number of unbranched alkanes of at least 4 members (excludes halogenated alkanes) is 1. The monoisotopic (exact) mass is 480 g/mol. The first-order chi connectivity index (χ1) is 16.5. The third kappa shape index (κ3) is 5.53. The summed E-state index contributed by atoms with van der Waals surface area (Å²) < 4.78 is 6.44. The number of hydrogen-bond donors (Lipinski definition) is 2. The molecule has 1 saturated heterocycles. The average Bonchev–Trinajstić information content (AvgIpc) is 3.40. The minimum Gasteiger partial charge on any atom is -0.494 e. The molecule has 178 valence electrons. The lowest BCUT2D eigenvalue weighted by atomic mass is 10.1. The third-order valence-corrected chi connectivity index (χ3v) is 6.61. The molecule has 34 heavy (non-hydrogen) atoms. The molecule has 0 radical (unpaired) electrons. The van der Waals surface area contributed by atoms with Gasteiger partial charge in [0.05, 0.1) is 22.7 Å². The van der Waals surface area contributed by atoms with E-state index in [0.717, 1.165) is 28.8 Å².